The fourth-order valence-corrected chi connectivity index (χ4v) is 3.40. The average Bonchev–Trinajstić information content (AvgIpc) is 3.20. The lowest BCUT2D eigenvalue weighted by Gasteiger charge is -2.01. The summed E-state index contributed by atoms with van der Waals surface area (Å²) in [6, 6.07) is 17.0. The zero-order chi connectivity index (χ0) is 18.1. The number of para-hydroxylation sites is 1. The Bertz CT molecular complexity index is 1030. The van der Waals surface area contributed by atoms with Gasteiger partial charge in [0.25, 0.3) is 11.1 Å². The number of carbonyl (C=O) groups excluding carboxylic acids is 2. The zero-order valence-electron chi connectivity index (χ0n) is 13.3. The van der Waals surface area contributed by atoms with Crippen LogP contribution in [-0.2, 0) is 4.79 Å². The van der Waals surface area contributed by atoms with Gasteiger partial charge in [-0.15, -0.1) is 0 Å². The van der Waals surface area contributed by atoms with Crippen molar-refractivity contribution >= 4 is 40.6 Å². The van der Waals surface area contributed by atoms with Crippen molar-refractivity contribution < 1.29 is 9.59 Å². The first-order valence-corrected chi connectivity index (χ1v) is 8.95. The SMILES string of the molecule is O=C1NC(=O)C(=Cc2cn(-c3ccccc3)nc2-c2ccc(Cl)cc2)S1. The average molecular weight is 382 g/mol. The first-order chi connectivity index (χ1) is 12.6. The molecule has 0 atom stereocenters. The topological polar surface area (TPSA) is 64.0 Å². The number of halogens is 1. The van der Waals surface area contributed by atoms with Crippen LogP contribution in [-0.4, -0.2) is 20.9 Å². The van der Waals surface area contributed by atoms with E-state index in [2.05, 4.69) is 10.4 Å². The summed E-state index contributed by atoms with van der Waals surface area (Å²) in [7, 11) is 0. The van der Waals surface area contributed by atoms with Crippen LogP contribution in [0.5, 0.6) is 0 Å². The highest BCUT2D eigenvalue weighted by atomic mass is 35.5. The van der Waals surface area contributed by atoms with E-state index in [4.69, 9.17) is 11.6 Å². The molecule has 5 nitrogen and oxygen atoms in total. The third-order valence-corrected chi connectivity index (χ3v) is 4.87. The van der Waals surface area contributed by atoms with Gasteiger partial charge in [-0.2, -0.15) is 5.10 Å². The molecule has 128 valence electrons. The van der Waals surface area contributed by atoms with E-state index >= 15 is 0 Å². The van der Waals surface area contributed by atoms with Crippen molar-refractivity contribution in [2.24, 2.45) is 0 Å². The summed E-state index contributed by atoms with van der Waals surface area (Å²) in [4.78, 5) is 23.7. The van der Waals surface area contributed by atoms with Gasteiger partial charge < -0.3 is 0 Å². The van der Waals surface area contributed by atoms with Crippen LogP contribution in [0.1, 0.15) is 5.56 Å². The molecule has 1 saturated heterocycles. The summed E-state index contributed by atoms with van der Waals surface area (Å²) in [6.45, 7) is 0. The standard InChI is InChI=1S/C19H12ClN3O2S/c20-14-8-6-12(7-9-14)17-13(10-16-18(24)21-19(25)26-16)11-23(22-17)15-4-2-1-3-5-15/h1-11H,(H,21,24,25). The zero-order valence-corrected chi connectivity index (χ0v) is 14.9. The molecule has 2 heterocycles. The van der Waals surface area contributed by atoms with Gasteiger partial charge in [-0.05, 0) is 42.1 Å². The molecular weight excluding hydrogens is 370 g/mol. The number of nitrogens with zero attached hydrogens (tertiary/aromatic N) is 2. The highest BCUT2D eigenvalue weighted by Crippen LogP contribution is 2.31. The maximum atomic E-state index is 11.9. The van der Waals surface area contributed by atoms with Crippen LogP contribution in [0.3, 0.4) is 0 Å². The van der Waals surface area contributed by atoms with Crippen molar-refractivity contribution in [2.45, 2.75) is 0 Å². The minimum absolute atomic E-state index is 0.345. The Balaban J connectivity index is 1.84. The number of rotatable bonds is 3. The van der Waals surface area contributed by atoms with E-state index < -0.39 is 5.91 Å². The largest absolute Gasteiger partial charge is 0.290 e. The van der Waals surface area contributed by atoms with Crippen LogP contribution in [0, 0.1) is 0 Å². The molecule has 1 aliphatic heterocycles. The fourth-order valence-electron chi connectivity index (χ4n) is 2.60. The number of imide groups is 1. The highest BCUT2D eigenvalue weighted by Gasteiger charge is 2.26. The number of nitrogens with one attached hydrogen (secondary N) is 1. The van der Waals surface area contributed by atoms with Gasteiger partial charge >= 0.3 is 0 Å². The van der Waals surface area contributed by atoms with Crippen LogP contribution in [0.2, 0.25) is 5.02 Å². The smallest absolute Gasteiger partial charge is 0.282 e. The van der Waals surface area contributed by atoms with E-state index in [0.717, 1.165) is 28.6 Å². The lowest BCUT2D eigenvalue weighted by molar-refractivity contribution is -0.115. The highest BCUT2D eigenvalue weighted by molar-refractivity contribution is 8.18. The summed E-state index contributed by atoms with van der Waals surface area (Å²) in [5, 5.41) is 7.20. The quantitative estimate of drug-likeness (QED) is 0.677. The molecule has 0 saturated carbocycles. The minimum atomic E-state index is -0.394. The first kappa shape index (κ1) is 16.6. The Morgan fingerprint density at radius 3 is 2.42 bits per heavy atom. The molecule has 1 aliphatic rings. The van der Waals surface area contributed by atoms with Gasteiger partial charge in [0.05, 0.1) is 16.3 Å². The summed E-state index contributed by atoms with van der Waals surface area (Å²) in [5.74, 6) is -0.394. The van der Waals surface area contributed by atoms with Crippen LogP contribution < -0.4 is 5.32 Å². The van der Waals surface area contributed by atoms with Crippen molar-refractivity contribution in [1.29, 1.82) is 0 Å². The number of aromatic nitrogens is 2. The second-order valence-electron chi connectivity index (χ2n) is 5.57. The van der Waals surface area contributed by atoms with Gasteiger partial charge in [-0.1, -0.05) is 41.9 Å². The van der Waals surface area contributed by atoms with E-state index in [1.807, 2.05) is 48.7 Å². The van der Waals surface area contributed by atoms with Gasteiger partial charge in [-0.25, -0.2) is 4.68 Å². The van der Waals surface area contributed by atoms with E-state index in [1.54, 1.807) is 22.9 Å². The Kier molecular flexibility index (Phi) is 4.36. The number of hydrogen-bond donors (Lipinski definition) is 1. The summed E-state index contributed by atoms with van der Waals surface area (Å²) in [5.41, 5.74) is 3.20. The van der Waals surface area contributed by atoms with Gasteiger partial charge in [0.1, 0.15) is 0 Å². The van der Waals surface area contributed by atoms with Crippen LogP contribution in [0.4, 0.5) is 4.79 Å². The van der Waals surface area contributed by atoms with Crippen LogP contribution in [0.25, 0.3) is 23.0 Å². The molecule has 1 fully saturated rings. The molecule has 0 unspecified atom stereocenters. The molecular formula is C19H12ClN3O2S. The molecule has 7 heteroatoms. The maximum Gasteiger partial charge on any atom is 0.290 e. The summed E-state index contributed by atoms with van der Waals surface area (Å²) < 4.78 is 1.75. The molecule has 3 aromatic rings. The second-order valence-corrected chi connectivity index (χ2v) is 7.02. The number of hydrogen-bond acceptors (Lipinski definition) is 4. The van der Waals surface area contributed by atoms with Crippen molar-refractivity contribution in [1.82, 2.24) is 15.1 Å². The number of carbonyl (C=O) groups is 2. The van der Waals surface area contributed by atoms with Crippen molar-refractivity contribution in [3.63, 3.8) is 0 Å². The van der Waals surface area contributed by atoms with Crippen molar-refractivity contribution in [2.75, 3.05) is 0 Å². The Labute approximate surface area is 158 Å². The fraction of sp³-hybridized carbons (Fsp3) is 0. The molecule has 0 aliphatic carbocycles. The molecule has 2 amide bonds. The predicted molar refractivity (Wildman–Crippen MR) is 103 cm³/mol. The van der Waals surface area contributed by atoms with Gasteiger partial charge in [0.2, 0.25) is 0 Å². The third kappa shape index (κ3) is 3.29. The molecule has 0 spiro atoms. The van der Waals surface area contributed by atoms with Crippen LogP contribution in [0.15, 0.2) is 65.7 Å². The monoisotopic (exact) mass is 381 g/mol. The molecule has 0 bridgehead atoms. The molecule has 26 heavy (non-hydrogen) atoms. The lowest BCUT2D eigenvalue weighted by atomic mass is 10.1. The summed E-state index contributed by atoms with van der Waals surface area (Å²) in [6.07, 6.45) is 3.52. The van der Waals surface area contributed by atoms with E-state index in [0.29, 0.717) is 15.6 Å². The maximum absolute atomic E-state index is 11.9. The number of benzene rings is 2. The number of thioether (sulfide) groups is 1. The molecule has 1 aromatic heterocycles. The molecule has 1 N–H and O–H groups in total. The minimum Gasteiger partial charge on any atom is -0.282 e. The van der Waals surface area contributed by atoms with Crippen molar-refractivity contribution in [3.05, 3.63) is 76.3 Å². The van der Waals surface area contributed by atoms with E-state index in [-0.39, 0.29) is 5.24 Å². The van der Waals surface area contributed by atoms with Gasteiger partial charge in [0, 0.05) is 22.3 Å². The third-order valence-electron chi connectivity index (χ3n) is 3.81. The Morgan fingerprint density at radius 2 is 1.77 bits per heavy atom. The lowest BCUT2D eigenvalue weighted by Crippen LogP contribution is -2.17. The second kappa shape index (κ2) is 6.82. The first-order valence-electron chi connectivity index (χ1n) is 7.76. The molecule has 4 rings (SSSR count). The summed E-state index contributed by atoms with van der Waals surface area (Å²) >= 11 is 6.86. The molecule has 0 radical (unpaired) electrons. The number of amides is 2. The normalized spacial score (nSPS) is 15.5. The van der Waals surface area contributed by atoms with Gasteiger partial charge in [-0.3, -0.25) is 14.9 Å². The van der Waals surface area contributed by atoms with Crippen LogP contribution >= 0.6 is 23.4 Å². The Hall–Kier alpha value is -2.83. The Morgan fingerprint density at radius 1 is 1.04 bits per heavy atom. The van der Waals surface area contributed by atoms with Gasteiger partial charge in [0.15, 0.2) is 0 Å². The van der Waals surface area contributed by atoms with E-state index in [9.17, 15) is 9.59 Å². The van der Waals surface area contributed by atoms with Crippen molar-refractivity contribution in [3.8, 4) is 16.9 Å². The molecule has 2 aromatic carbocycles. The predicted octanol–water partition coefficient (Wildman–Crippen LogP) is 4.52. The van der Waals surface area contributed by atoms with E-state index in [1.165, 1.54) is 0 Å².